The van der Waals surface area contributed by atoms with Crippen molar-refractivity contribution in [2.24, 2.45) is 5.92 Å². The number of aliphatic hydroxyl groups is 1. The second kappa shape index (κ2) is 5.71. The van der Waals surface area contributed by atoms with E-state index in [2.05, 4.69) is 37.8 Å². The van der Waals surface area contributed by atoms with Gasteiger partial charge in [0.1, 0.15) is 5.75 Å². The minimum absolute atomic E-state index is 0.0345. The van der Waals surface area contributed by atoms with Crippen molar-refractivity contribution in [3.05, 3.63) is 41.0 Å². The third-order valence-electron chi connectivity index (χ3n) is 5.74. The number of hydrogen-bond donors (Lipinski definition) is 2. The number of likely N-dealkylation sites (tertiary alicyclic amines) is 1. The monoisotopic (exact) mass is 301 g/mol. The van der Waals surface area contributed by atoms with Gasteiger partial charge in [-0.2, -0.15) is 0 Å². The van der Waals surface area contributed by atoms with Crippen molar-refractivity contribution in [1.82, 2.24) is 4.90 Å². The van der Waals surface area contributed by atoms with Gasteiger partial charge >= 0.3 is 0 Å². The van der Waals surface area contributed by atoms with Gasteiger partial charge in [0.15, 0.2) is 0 Å². The van der Waals surface area contributed by atoms with Gasteiger partial charge in [0.2, 0.25) is 0 Å². The largest absolute Gasteiger partial charge is 0.508 e. The zero-order valence-electron chi connectivity index (χ0n) is 13.8. The molecule has 120 valence electrons. The standard InChI is InChI=1S/C19H27NO2/c1-13(2)6-8-20-9-7-19(3)16-11-15(22)5-4-14(16)10-18(20)17(19)12-21/h4-6,11,17-18,21-22H,7-10,12H2,1-3H3. The number of fused-ring (bicyclic) bond motifs is 4. The van der Waals surface area contributed by atoms with E-state index < -0.39 is 0 Å². The fourth-order valence-electron chi connectivity index (χ4n) is 4.36. The van der Waals surface area contributed by atoms with Crippen molar-refractivity contribution in [1.29, 1.82) is 0 Å². The van der Waals surface area contributed by atoms with Crippen molar-refractivity contribution in [2.45, 2.75) is 45.1 Å². The van der Waals surface area contributed by atoms with E-state index in [0.29, 0.717) is 11.8 Å². The molecule has 3 nitrogen and oxygen atoms in total. The molecule has 1 saturated heterocycles. The molecule has 22 heavy (non-hydrogen) atoms. The molecule has 0 saturated carbocycles. The SMILES string of the molecule is CC(C)=CCN1CCC2(C)c3cc(O)ccc3CC1C2CO. The van der Waals surface area contributed by atoms with Crippen LogP contribution in [0.25, 0.3) is 0 Å². The number of hydrogen-bond acceptors (Lipinski definition) is 3. The van der Waals surface area contributed by atoms with Crippen molar-refractivity contribution < 1.29 is 10.2 Å². The van der Waals surface area contributed by atoms with Crippen molar-refractivity contribution in [2.75, 3.05) is 19.7 Å². The lowest BCUT2D eigenvalue weighted by molar-refractivity contribution is -0.00219. The summed E-state index contributed by atoms with van der Waals surface area (Å²) in [5, 5.41) is 19.9. The number of phenols is 1. The fraction of sp³-hybridized carbons (Fsp3) is 0.579. The number of allylic oxidation sites excluding steroid dienone is 1. The fourth-order valence-corrected chi connectivity index (χ4v) is 4.36. The summed E-state index contributed by atoms with van der Waals surface area (Å²) in [4.78, 5) is 2.52. The van der Waals surface area contributed by atoms with E-state index in [4.69, 9.17) is 0 Å². The second-order valence-corrected chi connectivity index (χ2v) is 7.35. The number of piperidine rings is 1. The van der Waals surface area contributed by atoms with Crippen LogP contribution in [0.15, 0.2) is 29.8 Å². The maximum atomic E-state index is 10.0. The number of rotatable bonds is 3. The quantitative estimate of drug-likeness (QED) is 0.844. The lowest BCUT2D eigenvalue weighted by atomic mass is 9.58. The summed E-state index contributed by atoms with van der Waals surface area (Å²) >= 11 is 0. The summed E-state index contributed by atoms with van der Waals surface area (Å²) in [6, 6.07) is 6.15. The van der Waals surface area contributed by atoms with E-state index in [1.165, 1.54) is 16.7 Å². The van der Waals surface area contributed by atoms with Gasteiger partial charge in [-0.3, -0.25) is 4.90 Å². The zero-order chi connectivity index (χ0) is 15.9. The van der Waals surface area contributed by atoms with E-state index in [0.717, 1.165) is 25.9 Å². The normalized spacial score (nSPS) is 30.7. The van der Waals surface area contributed by atoms with Crippen LogP contribution in [0, 0.1) is 5.92 Å². The maximum Gasteiger partial charge on any atom is 0.115 e. The van der Waals surface area contributed by atoms with Crippen LogP contribution in [0.5, 0.6) is 5.75 Å². The average Bonchev–Trinajstić information content (AvgIpc) is 2.47. The highest BCUT2D eigenvalue weighted by molar-refractivity contribution is 5.44. The van der Waals surface area contributed by atoms with Gasteiger partial charge in [-0.15, -0.1) is 0 Å². The molecule has 0 spiro atoms. The first-order chi connectivity index (χ1) is 10.5. The number of benzene rings is 1. The summed E-state index contributed by atoms with van der Waals surface area (Å²) < 4.78 is 0. The van der Waals surface area contributed by atoms with Gasteiger partial charge in [0.25, 0.3) is 0 Å². The minimum Gasteiger partial charge on any atom is -0.508 e. The van der Waals surface area contributed by atoms with Crippen LogP contribution >= 0.6 is 0 Å². The predicted octanol–water partition coefficient (Wildman–Crippen LogP) is 2.86. The summed E-state index contributed by atoms with van der Waals surface area (Å²) in [5.74, 6) is 0.572. The van der Waals surface area contributed by atoms with Gasteiger partial charge in [0.05, 0.1) is 0 Å². The highest BCUT2D eigenvalue weighted by Gasteiger charge is 2.50. The number of phenolic OH excluding ortho intramolecular Hbond substituents is 1. The van der Waals surface area contributed by atoms with Crippen LogP contribution in [0.3, 0.4) is 0 Å². The first-order valence-electron chi connectivity index (χ1n) is 8.26. The van der Waals surface area contributed by atoms with Crippen molar-refractivity contribution in [3.8, 4) is 5.75 Å². The smallest absolute Gasteiger partial charge is 0.115 e. The summed E-state index contributed by atoms with van der Waals surface area (Å²) in [6.07, 6.45) is 4.28. The lowest BCUT2D eigenvalue weighted by Gasteiger charge is -2.55. The molecule has 0 amide bonds. The Bertz CT molecular complexity index is 591. The van der Waals surface area contributed by atoms with Gasteiger partial charge in [-0.1, -0.05) is 24.6 Å². The van der Waals surface area contributed by atoms with E-state index in [-0.39, 0.29) is 17.9 Å². The Kier molecular flexibility index (Phi) is 4.04. The third-order valence-corrected chi connectivity index (χ3v) is 5.74. The molecule has 0 radical (unpaired) electrons. The van der Waals surface area contributed by atoms with Crippen LogP contribution in [0.1, 0.15) is 38.3 Å². The molecule has 1 heterocycles. The van der Waals surface area contributed by atoms with E-state index in [1.807, 2.05) is 6.07 Å². The summed E-state index contributed by atoms with van der Waals surface area (Å²) in [6.45, 7) is 8.76. The molecule has 2 bridgehead atoms. The molecule has 3 atom stereocenters. The Morgan fingerprint density at radius 1 is 1.41 bits per heavy atom. The second-order valence-electron chi connectivity index (χ2n) is 7.35. The minimum atomic E-state index is -0.0345. The van der Waals surface area contributed by atoms with Crippen LogP contribution in [0.4, 0.5) is 0 Å². The number of nitrogens with zero attached hydrogens (tertiary/aromatic N) is 1. The van der Waals surface area contributed by atoms with Crippen LogP contribution in [-0.4, -0.2) is 40.9 Å². The Morgan fingerprint density at radius 2 is 2.18 bits per heavy atom. The Morgan fingerprint density at radius 3 is 2.86 bits per heavy atom. The zero-order valence-corrected chi connectivity index (χ0v) is 13.8. The van der Waals surface area contributed by atoms with E-state index in [9.17, 15) is 10.2 Å². The molecular formula is C19H27NO2. The lowest BCUT2D eigenvalue weighted by Crippen LogP contribution is -2.60. The number of aromatic hydroxyl groups is 1. The molecule has 3 heteroatoms. The highest BCUT2D eigenvalue weighted by atomic mass is 16.3. The molecule has 1 aromatic rings. The van der Waals surface area contributed by atoms with E-state index >= 15 is 0 Å². The molecule has 3 unspecified atom stereocenters. The highest BCUT2D eigenvalue weighted by Crippen LogP contribution is 2.49. The molecule has 0 aromatic heterocycles. The molecular weight excluding hydrogens is 274 g/mol. The van der Waals surface area contributed by atoms with Crippen LogP contribution in [0.2, 0.25) is 0 Å². The molecule has 1 fully saturated rings. The van der Waals surface area contributed by atoms with Crippen LogP contribution < -0.4 is 0 Å². The Hall–Kier alpha value is -1.32. The molecule has 3 rings (SSSR count). The van der Waals surface area contributed by atoms with Gasteiger partial charge in [-0.05, 0) is 56.5 Å². The van der Waals surface area contributed by atoms with Crippen molar-refractivity contribution >= 4 is 0 Å². The van der Waals surface area contributed by atoms with Gasteiger partial charge < -0.3 is 10.2 Å². The Balaban J connectivity index is 1.99. The summed E-state index contributed by atoms with van der Waals surface area (Å²) in [5.41, 5.74) is 3.88. The molecule has 2 aliphatic rings. The van der Waals surface area contributed by atoms with Gasteiger partial charge in [-0.25, -0.2) is 0 Å². The Labute approximate surface area is 133 Å². The van der Waals surface area contributed by atoms with E-state index in [1.54, 1.807) is 6.07 Å². The third kappa shape index (κ3) is 2.46. The average molecular weight is 301 g/mol. The first-order valence-corrected chi connectivity index (χ1v) is 8.26. The molecule has 2 N–H and O–H groups in total. The number of aliphatic hydroxyl groups excluding tert-OH is 1. The first kappa shape index (κ1) is 15.6. The molecule has 1 aliphatic carbocycles. The molecule has 1 aromatic carbocycles. The topological polar surface area (TPSA) is 43.7 Å². The van der Waals surface area contributed by atoms with Crippen molar-refractivity contribution in [3.63, 3.8) is 0 Å². The van der Waals surface area contributed by atoms with Crippen LogP contribution in [-0.2, 0) is 11.8 Å². The maximum absolute atomic E-state index is 10.0. The van der Waals surface area contributed by atoms with Gasteiger partial charge in [0, 0.05) is 30.5 Å². The summed E-state index contributed by atoms with van der Waals surface area (Å²) in [7, 11) is 0. The molecule has 1 aliphatic heterocycles. The predicted molar refractivity (Wildman–Crippen MR) is 89.1 cm³/mol.